The summed E-state index contributed by atoms with van der Waals surface area (Å²) in [5.41, 5.74) is 5.13. The van der Waals surface area contributed by atoms with E-state index in [4.69, 9.17) is 15.4 Å². The quantitative estimate of drug-likeness (QED) is 0.586. The summed E-state index contributed by atoms with van der Waals surface area (Å²) >= 11 is 0.750. The van der Waals surface area contributed by atoms with E-state index >= 15 is 0 Å². The Hall–Kier alpha value is -0.110. The van der Waals surface area contributed by atoms with Crippen molar-refractivity contribution in [2.75, 3.05) is 18.3 Å². The molecule has 5 nitrogen and oxygen atoms in total. The highest BCUT2D eigenvalue weighted by Gasteiger charge is 2.10. The summed E-state index contributed by atoms with van der Waals surface area (Å²) in [4.78, 5) is 10.1. The van der Waals surface area contributed by atoms with E-state index in [0.717, 1.165) is 12.0 Å². The van der Waals surface area contributed by atoms with E-state index in [-0.39, 0.29) is 6.42 Å². The Morgan fingerprint density at radius 1 is 1.69 bits per heavy atom. The molecule has 0 spiro atoms. The van der Waals surface area contributed by atoms with Gasteiger partial charge in [0.25, 0.3) is 0 Å². The van der Waals surface area contributed by atoms with Crippen LogP contribution in [0, 0.1) is 0 Å². The molecule has 0 radical (unpaired) electrons. The average Bonchev–Trinajstić information content (AvgIpc) is 2.01. The number of aliphatic carboxylic acids is 1. The zero-order valence-corrected chi connectivity index (χ0v) is 9.23. The third kappa shape index (κ3) is 14.7. The van der Waals surface area contributed by atoms with E-state index in [1.54, 1.807) is 6.26 Å². The van der Waals surface area contributed by atoms with Crippen molar-refractivity contribution in [1.29, 1.82) is 0 Å². The second-order valence-corrected chi connectivity index (χ2v) is 4.11. The standard InChI is InChI=1S/C5H11NO3S.CH4OS/c1-10(9)3-2-4(6)5(7)8;1-3-2/h4H,2-3,6H2,1H3,(H,7,8);2H,1H3/t4-,10?;/m0./s1. The lowest BCUT2D eigenvalue weighted by Gasteiger charge is -2.02. The molecule has 0 aliphatic heterocycles. The highest BCUT2D eigenvalue weighted by molar-refractivity contribution is 7.93. The SMILES string of the molecule is CS(=O)CC[C@H](N)C(=O)O.CSO. The Kier molecular flexibility index (Phi) is 11.8. The van der Waals surface area contributed by atoms with Crippen LogP contribution in [0.15, 0.2) is 0 Å². The molecule has 0 amide bonds. The lowest BCUT2D eigenvalue weighted by Crippen LogP contribution is -2.31. The van der Waals surface area contributed by atoms with Gasteiger partial charge in [-0.3, -0.25) is 9.00 Å². The van der Waals surface area contributed by atoms with Gasteiger partial charge in [-0.1, -0.05) is 0 Å². The van der Waals surface area contributed by atoms with Crippen molar-refractivity contribution in [3.8, 4) is 0 Å². The first-order valence-corrected chi connectivity index (χ1v) is 6.32. The van der Waals surface area contributed by atoms with Gasteiger partial charge in [-0.15, -0.1) is 0 Å². The number of hydrogen-bond donors (Lipinski definition) is 3. The van der Waals surface area contributed by atoms with Crippen LogP contribution in [0.1, 0.15) is 6.42 Å². The maximum Gasteiger partial charge on any atom is 0.320 e. The van der Waals surface area contributed by atoms with Crippen LogP contribution in [-0.2, 0) is 15.6 Å². The first-order chi connectivity index (χ1) is 5.95. The van der Waals surface area contributed by atoms with Crippen LogP contribution in [0.25, 0.3) is 0 Å². The minimum atomic E-state index is -1.04. The molecule has 0 aromatic heterocycles. The number of carboxylic acid groups (broad SMARTS) is 1. The van der Waals surface area contributed by atoms with Gasteiger partial charge in [0.1, 0.15) is 6.04 Å². The van der Waals surface area contributed by atoms with E-state index in [1.165, 1.54) is 6.26 Å². The van der Waals surface area contributed by atoms with Gasteiger partial charge < -0.3 is 15.4 Å². The highest BCUT2D eigenvalue weighted by atomic mass is 32.2. The molecule has 0 aliphatic carbocycles. The Morgan fingerprint density at radius 2 is 2.08 bits per heavy atom. The van der Waals surface area contributed by atoms with Crippen molar-refractivity contribution in [3.63, 3.8) is 0 Å². The second-order valence-electron chi connectivity index (χ2n) is 2.19. The van der Waals surface area contributed by atoms with E-state index in [1.807, 2.05) is 0 Å². The monoisotopic (exact) mass is 229 g/mol. The van der Waals surface area contributed by atoms with Crippen molar-refractivity contribution in [2.45, 2.75) is 12.5 Å². The Bertz CT molecular complexity index is 165. The average molecular weight is 229 g/mol. The third-order valence-corrected chi connectivity index (χ3v) is 1.84. The molecule has 4 N–H and O–H groups in total. The van der Waals surface area contributed by atoms with Crippen LogP contribution in [-0.4, -0.2) is 44.1 Å². The molecular formula is C6H15NO4S2. The van der Waals surface area contributed by atoms with E-state index in [2.05, 4.69) is 0 Å². The molecule has 0 bridgehead atoms. The van der Waals surface area contributed by atoms with Gasteiger partial charge in [0.05, 0.1) is 0 Å². The summed E-state index contributed by atoms with van der Waals surface area (Å²) in [5, 5.41) is 8.27. The largest absolute Gasteiger partial charge is 0.480 e. The van der Waals surface area contributed by atoms with Crippen LogP contribution in [0.5, 0.6) is 0 Å². The zero-order chi connectivity index (χ0) is 10.9. The molecule has 0 aromatic rings. The molecule has 80 valence electrons. The van der Waals surface area contributed by atoms with Gasteiger partial charge in [0, 0.05) is 29.1 Å². The molecule has 1 unspecified atom stereocenters. The van der Waals surface area contributed by atoms with E-state index in [9.17, 15) is 9.00 Å². The smallest absolute Gasteiger partial charge is 0.320 e. The van der Waals surface area contributed by atoms with Crippen molar-refractivity contribution in [1.82, 2.24) is 0 Å². The molecule has 0 saturated carbocycles. The highest BCUT2D eigenvalue weighted by Crippen LogP contribution is 1.89. The van der Waals surface area contributed by atoms with E-state index in [0.29, 0.717) is 5.75 Å². The molecule has 0 saturated heterocycles. The maximum absolute atomic E-state index is 10.4. The minimum Gasteiger partial charge on any atom is -0.480 e. The first kappa shape index (κ1) is 15.4. The molecule has 7 heteroatoms. The Labute approximate surface area is 84.4 Å². The fourth-order valence-electron chi connectivity index (χ4n) is 0.416. The van der Waals surface area contributed by atoms with Gasteiger partial charge >= 0.3 is 5.97 Å². The predicted molar refractivity (Wildman–Crippen MR) is 55.3 cm³/mol. The summed E-state index contributed by atoms with van der Waals surface area (Å²) in [5.74, 6) is -0.682. The molecule has 0 aromatic carbocycles. The number of rotatable bonds is 4. The molecule has 0 heterocycles. The number of carbonyl (C=O) groups is 1. The number of nitrogens with two attached hydrogens (primary N) is 1. The van der Waals surface area contributed by atoms with Gasteiger partial charge in [-0.05, 0) is 18.5 Å². The molecule has 0 aliphatic rings. The van der Waals surface area contributed by atoms with Crippen molar-refractivity contribution in [2.24, 2.45) is 5.73 Å². The van der Waals surface area contributed by atoms with Crippen LogP contribution < -0.4 is 5.73 Å². The fraction of sp³-hybridized carbons (Fsp3) is 0.833. The minimum absolute atomic E-state index is 0.276. The lowest BCUT2D eigenvalue weighted by molar-refractivity contribution is -0.138. The van der Waals surface area contributed by atoms with Crippen molar-refractivity contribution in [3.05, 3.63) is 0 Å². The molecule has 13 heavy (non-hydrogen) atoms. The van der Waals surface area contributed by atoms with Crippen LogP contribution in [0.3, 0.4) is 0 Å². The second kappa shape index (κ2) is 9.97. The Morgan fingerprint density at radius 3 is 2.31 bits per heavy atom. The lowest BCUT2D eigenvalue weighted by atomic mass is 10.2. The maximum atomic E-state index is 10.4. The van der Waals surface area contributed by atoms with Gasteiger partial charge in [-0.2, -0.15) is 0 Å². The molecular weight excluding hydrogens is 214 g/mol. The van der Waals surface area contributed by atoms with Crippen molar-refractivity contribution < 1.29 is 18.7 Å². The van der Waals surface area contributed by atoms with Gasteiger partial charge in [-0.25, -0.2) is 0 Å². The third-order valence-electron chi connectivity index (χ3n) is 1.03. The van der Waals surface area contributed by atoms with Crippen LogP contribution in [0.4, 0.5) is 0 Å². The Balaban J connectivity index is 0. The normalized spacial score (nSPS) is 13.8. The van der Waals surface area contributed by atoms with Gasteiger partial charge in [0.15, 0.2) is 0 Å². The molecule has 0 rings (SSSR count). The van der Waals surface area contributed by atoms with Crippen LogP contribution >= 0.6 is 12.0 Å². The summed E-state index contributed by atoms with van der Waals surface area (Å²) in [6, 6.07) is -0.871. The summed E-state index contributed by atoms with van der Waals surface area (Å²) < 4.78 is 17.9. The number of carboxylic acids is 1. The molecule has 2 atom stereocenters. The fourth-order valence-corrected chi connectivity index (χ4v) is 1.00. The van der Waals surface area contributed by atoms with E-state index < -0.39 is 22.8 Å². The zero-order valence-electron chi connectivity index (χ0n) is 7.60. The van der Waals surface area contributed by atoms with Gasteiger partial charge in [0.2, 0.25) is 0 Å². The van der Waals surface area contributed by atoms with Crippen LogP contribution in [0.2, 0.25) is 0 Å². The predicted octanol–water partition coefficient (Wildman–Crippen LogP) is -0.0107. The van der Waals surface area contributed by atoms with Crippen molar-refractivity contribution >= 4 is 28.8 Å². The summed E-state index contributed by atoms with van der Waals surface area (Å²) in [6.07, 6.45) is 3.40. The molecule has 0 fully saturated rings. The first-order valence-electron chi connectivity index (χ1n) is 3.41. The topological polar surface area (TPSA) is 101 Å². The summed E-state index contributed by atoms with van der Waals surface area (Å²) in [6.45, 7) is 0. The number of hydrogen-bond acceptors (Lipinski definition) is 5. The summed E-state index contributed by atoms with van der Waals surface area (Å²) in [7, 11) is -0.946.